The van der Waals surface area contributed by atoms with Crippen molar-refractivity contribution in [1.29, 1.82) is 0 Å². The number of hydrogen-bond donors (Lipinski definition) is 2. The van der Waals surface area contributed by atoms with Gasteiger partial charge in [-0.05, 0) is 11.6 Å². The standard InChI is InChI=1S/C16H12N2O3/c19-14(10-5-2-1-3-6-10)12-13(18-16(21)15(12)20)11-7-4-8-17-9-11/h1-9,13,19H,(H,18,21)/t13-/m0/s1. The number of aromatic nitrogens is 1. The summed E-state index contributed by atoms with van der Waals surface area (Å²) in [7, 11) is 0. The van der Waals surface area contributed by atoms with Gasteiger partial charge in [0.2, 0.25) is 0 Å². The maximum atomic E-state index is 12.1. The van der Waals surface area contributed by atoms with E-state index in [1.807, 2.05) is 0 Å². The number of rotatable bonds is 2. The van der Waals surface area contributed by atoms with Gasteiger partial charge >= 0.3 is 0 Å². The van der Waals surface area contributed by atoms with Gasteiger partial charge in [0.15, 0.2) is 0 Å². The van der Waals surface area contributed by atoms with Gasteiger partial charge in [0.05, 0.1) is 11.6 Å². The first-order valence-electron chi connectivity index (χ1n) is 6.42. The molecule has 1 aliphatic heterocycles. The van der Waals surface area contributed by atoms with E-state index < -0.39 is 17.7 Å². The van der Waals surface area contributed by atoms with E-state index in [2.05, 4.69) is 10.3 Å². The number of hydrogen-bond acceptors (Lipinski definition) is 4. The summed E-state index contributed by atoms with van der Waals surface area (Å²) in [6.45, 7) is 0. The summed E-state index contributed by atoms with van der Waals surface area (Å²) >= 11 is 0. The van der Waals surface area contributed by atoms with Crippen molar-refractivity contribution in [3.05, 3.63) is 71.6 Å². The van der Waals surface area contributed by atoms with Crippen LogP contribution in [0.4, 0.5) is 0 Å². The van der Waals surface area contributed by atoms with Crippen LogP contribution in [0.1, 0.15) is 17.2 Å². The first-order chi connectivity index (χ1) is 10.2. The normalized spacial score (nSPS) is 20.3. The van der Waals surface area contributed by atoms with Crippen LogP contribution in [0.15, 0.2) is 60.4 Å². The zero-order valence-electron chi connectivity index (χ0n) is 11.0. The Labute approximate surface area is 121 Å². The summed E-state index contributed by atoms with van der Waals surface area (Å²) in [5, 5.41) is 13.0. The highest BCUT2D eigenvalue weighted by Gasteiger charge is 2.39. The third-order valence-corrected chi connectivity index (χ3v) is 3.34. The van der Waals surface area contributed by atoms with Gasteiger partial charge in [-0.15, -0.1) is 0 Å². The van der Waals surface area contributed by atoms with Crippen LogP contribution in [0, 0.1) is 0 Å². The van der Waals surface area contributed by atoms with Gasteiger partial charge in [-0.25, -0.2) is 0 Å². The van der Waals surface area contributed by atoms with Crippen molar-refractivity contribution in [2.75, 3.05) is 0 Å². The number of carbonyl (C=O) groups excluding carboxylic acids is 2. The number of carbonyl (C=O) groups is 2. The molecule has 3 rings (SSSR count). The smallest absolute Gasteiger partial charge is 0.293 e. The molecule has 1 aromatic heterocycles. The van der Waals surface area contributed by atoms with Gasteiger partial charge < -0.3 is 10.4 Å². The van der Waals surface area contributed by atoms with E-state index in [4.69, 9.17) is 0 Å². The maximum Gasteiger partial charge on any atom is 0.293 e. The second kappa shape index (κ2) is 5.20. The number of nitrogens with zero attached hydrogens (tertiary/aromatic N) is 1. The Morgan fingerprint density at radius 3 is 2.52 bits per heavy atom. The van der Waals surface area contributed by atoms with Crippen molar-refractivity contribution in [1.82, 2.24) is 10.3 Å². The summed E-state index contributed by atoms with van der Waals surface area (Å²) < 4.78 is 0. The van der Waals surface area contributed by atoms with Crippen molar-refractivity contribution in [2.24, 2.45) is 0 Å². The fraction of sp³-hybridized carbons (Fsp3) is 0.0625. The fourth-order valence-electron chi connectivity index (χ4n) is 2.31. The number of benzene rings is 1. The molecule has 5 nitrogen and oxygen atoms in total. The van der Waals surface area contributed by atoms with Crippen LogP contribution in [0.2, 0.25) is 0 Å². The molecule has 2 aromatic rings. The summed E-state index contributed by atoms with van der Waals surface area (Å²) in [4.78, 5) is 27.7. The number of Topliss-reactive ketones (excluding diaryl/α,β-unsaturated/α-hetero) is 1. The van der Waals surface area contributed by atoms with Gasteiger partial charge in [-0.3, -0.25) is 14.6 Å². The van der Waals surface area contributed by atoms with Gasteiger partial charge in [-0.1, -0.05) is 36.4 Å². The molecule has 1 saturated heterocycles. The number of amides is 1. The molecular formula is C16H12N2O3. The van der Waals surface area contributed by atoms with Gasteiger partial charge in [-0.2, -0.15) is 0 Å². The summed E-state index contributed by atoms with van der Waals surface area (Å²) in [6, 6.07) is 11.4. The first kappa shape index (κ1) is 13.1. The predicted molar refractivity (Wildman–Crippen MR) is 76.1 cm³/mol. The monoisotopic (exact) mass is 280 g/mol. The molecule has 1 amide bonds. The zero-order chi connectivity index (χ0) is 14.8. The molecule has 0 spiro atoms. The van der Waals surface area contributed by atoms with Crippen LogP contribution in [0.5, 0.6) is 0 Å². The highest BCUT2D eigenvalue weighted by molar-refractivity contribution is 6.46. The summed E-state index contributed by atoms with van der Waals surface area (Å²) in [6.07, 6.45) is 3.16. The molecule has 0 saturated carbocycles. The van der Waals surface area contributed by atoms with E-state index in [-0.39, 0.29) is 11.3 Å². The average molecular weight is 280 g/mol. The molecule has 5 heteroatoms. The summed E-state index contributed by atoms with van der Waals surface area (Å²) in [5.41, 5.74) is 1.19. The molecule has 2 N–H and O–H groups in total. The molecule has 1 aromatic carbocycles. The quantitative estimate of drug-likeness (QED) is 0.499. The molecule has 0 bridgehead atoms. The van der Waals surface area contributed by atoms with Crippen molar-refractivity contribution in [3.8, 4) is 0 Å². The van der Waals surface area contributed by atoms with Gasteiger partial charge in [0.25, 0.3) is 11.7 Å². The Morgan fingerprint density at radius 1 is 1.10 bits per heavy atom. The molecule has 0 aliphatic carbocycles. The third-order valence-electron chi connectivity index (χ3n) is 3.34. The van der Waals surface area contributed by atoms with Gasteiger partial charge in [0, 0.05) is 18.0 Å². The fourth-order valence-corrected chi connectivity index (χ4v) is 2.31. The predicted octanol–water partition coefficient (Wildman–Crippen LogP) is 1.79. The Kier molecular flexibility index (Phi) is 3.23. The van der Waals surface area contributed by atoms with Crippen LogP contribution in [0.25, 0.3) is 5.76 Å². The van der Waals surface area contributed by atoms with E-state index in [0.717, 1.165) is 0 Å². The van der Waals surface area contributed by atoms with Crippen LogP contribution in [-0.2, 0) is 9.59 Å². The minimum absolute atomic E-state index is 0.0548. The lowest BCUT2D eigenvalue weighted by Gasteiger charge is -2.13. The number of pyridine rings is 1. The number of aliphatic hydroxyl groups is 1. The first-order valence-corrected chi connectivity index (χ1v) is 6.42. The number of ketones is 1. The third kappa shape index (κ3) is 2.29. The molecule has 104 valence electrons. The van der Waals surface area contributed by atoms with E-state index >= 15 is 0 Å². The van der Waals surface area contributed by atoms with Crippen molar-refractivity contribution in [3.63, 3.8) is 0 Å². The number of aliphatic hydroxyl groups excluding tert-OH is 1. The lowest BCUT2D eigenvalue weighted by Crippen LogP contribution is -2.21. The largest absolute Gasteiger partial charge is 0.507 e. The Bertz CT molecular complexity index is 724. The topological polar surface area (TPSA) is 79.3 Å². The number of nitrogens with one attached hydrogen (secondary N) is 1. The van der Waals surface area contributed by atoms with E-state index in [0.29, 0.717) is 11.1 Å². The molecule has 0 unspecified atom stereocenters. The van der Waals surface area contributed by atoms with Crippen molar-refractivity contribution in [2.45, 2.75) is 6.04 Å². The maximum absolute atomic E-state index is 12.1. The van der Waals surface area contributed by atoms with Crippen molar-refractivity contribution >= 4 is 17.4 Å². The Balaban J connectivity index is 2.13. The van der Waals surface area contributed by atoms with Crippen LogP contribution >= 0.6 is 0 Å². The van der Waals surface area contributed by atoms with Crippen LogP contribution < -0.4 is 5.32 Å². The minimum Gasteiger partial charge on any atom is -0.507 e. The second-order valence-corrected chi connectivity index (χ2v) is 4.65. The molecule has 1 atom stereocenters. The van der Waals surface area contributed by atoms with Crippen molar-refractivity contribution < 1.29 is 14.7 Å². The van der Waals surface area contributed by atoms with Crippen LogP contribution in [0.3, 0.4) is 0 Å². The highest BCUT2D eigenvalue weighted by Crippen LogP contribution is 2.32. The SMILES string of the molecule is O=C1N[C@@H](c2cccnc2)C(=C(O)c2ccccc2)C1=O. The summed E-state index contributed by atoms with van der Waals surface area (Å²) in [5.74, 6) is -1.63. The zero-order valence-corrected chi connectivity index (χ0v) is 11.0. The molecule has 2 heterocycles. The van der Waals surface area contributed by atoms with Gasteiger partial charge in [0.1, 0.15) is 5.76 Å². The van der Waals surface area contributed by atoms with E-state index in [1.54, 1.807) is 54.9 Å². The Morgan fingerprint density at radius 2 is 1.86 bits per heavy atom. The Hall–Kier alpha value is -2.95. The van der Waals surface area contributed by atoms with E-state index in [9.17, 15) is 14.7 Å². The average Bonchev–Trinajstić information content (AvgIpc) is 2.84. The highest BCUT2D eigenvalue weighted by atomic mass is 16.3. The minimum atomic E-state index is -0.721. The molecule has 21 heavy (non-hydrogen) atoms. The lowest BCUT2D eigenvalue weighted by atomic mass is 9.97. The molecule has 1 fully saturated rings. The van der Waals surface area contributed by atoms with E-state index in [1.165, 1.54) is 0 Å². The molecule has 0 radical (unpaired) electrons. The lowest BCUT2D eigenvalue weighted by molar-refractivity contribution is -0.133. The second-order valence-electron chi connectivity index (χ2n) is 4.65. The van der Waals surface area contributed by atoms with Crippen LogP contribution in [-0.4, -0.2) is 21.8 Å². The molecule has 1 aliphatic rings. The molecular weight excluding hydrogens is 268 g/mol.